The maximum absolute atomic E-state index is 14.7. The Morgan fingerprint density at radius 2 is 1.60 bits per heavy atom. The fourth-order valence-electron chi connectivity index (χ4n) is 3.14. The molecule has 1 fully saturated rings. The third-order valence-corrected chi connectivity index (χ3v) is 5.31. The van der Waals surface area contributed by atoms with Gasteiger partial charge in [-0.15, -0.1) is 0 Å². The standard InChI is InChI=1S/C20H21BFNO2/c1-19(2)20(3,4)25-21(24-19)18(22)12-13-9-10-17-15(11-13)14-7-5-6-8-16(14)23-17/h5-12,23H,1-4H3. The summed E-state index contributed by atoms with van der Waals surface area (Å²) in [6.45, 7) is 7.66. The van der Waals surface area contributed by atoms with E-state index in [1.807, 2.05) is 64.1 Å². The first-order valence-electron chi connectivity index (χ1n) is 8.50. The van der Waals surface area contributed by atoms with Gasteiger partial charge in [0.05, 0.1) is 11.2 Å². The van der Waals surface area contributed by atoms with Crippen molar-refractivity contribution in [2.75, 3.05) is 0 Å². The van der Waals surface area contributed by atoms with Gasteiger partial charge in [-0.1, -0.05) is 24.3 Å². The van der Waals surface area contributed by atoms with Crippen LogP contribution in [0.4, 0.5) is 4.39 Å². The number of fused-ring (bicyclic) bond motifs is 3. The molecule has 4 rings (SSSR count). The first-order chi connectivity index (χ1) is 11.8. The van der Waals surface area contributed by atoms with Gasteiger partial charge in [0.2, 0.25) is 0 Å². The minimum Gasteiger partial charge on any atom is -0.398 e. The summed E-state index contributed by atoms with van der Waals surface area (Å²) in [7, 11) is -0.969. The van der Waals surface area contributed by atoms with Crippen LogP contribution in [0.5, 0.6) is 0 Å². The lowest BCUT2D eigenvalue weighted by atomic mass is 9.86. The second kappa shape index (κ2) is 5.45. The van der Waals surface area contributed by atoms with Crippen molar-refractivity contribution in [1.82, 2.24) is 4.98 Å². The Balaban J connectivity index is 1.70. The van der Waals surface area contributed by atoms with Crippen molar-refractivity contribution >= 4 is 35.0 Å². The lowest BCUT2D eigenvalue weighted by Gasteiger charge is -2.32. The molecular weight excluding hydrogens is 316 g/mol. The first kappa shape index (κ1) is 16.4. The highest BCUT2D eigenvalue weighted by atomic mass is 19.1. The molecule has 0 amide bonds. The van der Waals surface area contributed by atoms with Crippen molar-refractivity contribution in [2.45, 2.75) is 38.9 Å². The molecule has 2 aromatic carbocycles. The average Bonchev–Trinajstić information content (AvgIpc) is 3.01. The molecule has 3 aromatic rings. The number of nitrogens with one attached hydrogen (secondary N) is 1. The molecule has 128 valence electrons. The van der Waals surface area contributed by atoms with Crippen LogP contribution in [-0.2, 0) is 9.31 Å². The van der Waals surface area contributed by atoms with Crippen molar-refractivity contribution in [1.29, 1.82) is 0 Å². The fourth-order valence-corrected chi connectivity index (χ4v) is 3.14. The van der Waals surface area contributed by atoms with E-state index >= 15 is 0 Å². The Morgan fingerprint density at radius 3 is 2.32 bits per heavy atom. The molecule has 1 aliphatic heterocycles. The van der Waals surface area contributed by atoms with Gasteiger partial charge in [0.1, 0.15) is 5.73 Å². The predicted octanol–water partition coefficient (Wildman–Crippen LogP) is 5.26. The van der Waals surface area contributed by atoms with Gasteiger partial charge in [-0.25, -0.2) is 4.39 Å². The number of aromatic nitrogens is 1. The Bertz CT molecular complexity index is 974. The highest BCUT2D eigenvalue weighted by Gasteiger charge is 2.53. The van der Waals surface area contributed by atoms with Crippen LogP contribution in [0, 0.1) is 0 Å². The molecular formula is C20H21BFNO2. The molecule has 0 bridgehead atoms. The average molecular weight is 337 g/mol. The number of halogens is 1. The SMILES string of the molecule is CC1(C)OB(C(F)=Cc2ccc3[nH]c4ccccc4c3c2)OC1(C)C. The molecule has 1 N–H and O–H groups in total. The van der Waals surface area contributed by atoms with Gasteiger partial charge in [-0.2, -0.15) is 0 Å². The van der Waals surface area contributed by atoms with E-state index in [1.165, 1.54) is 6.08 Å². The first-order valence-corrected chi connectivity index (χ1v) is 8.50. The minimum absolute atomic E-state index is 0.419. The number of rotatable bonds is 2. The van der Waals surface area contributed by atoms with Crippen LogP contribution in [0.1, 0.15) is 33.3 Å². The predicted molar refractivity (Wildman–Crippen MR) is 101 cm³/mol. The molecule has 1 aromatic heterocycles. The summed E-state index contributed by atoms with van der Waals surface area (Å²) in [6.07, 6.45) is 1.49. The van der Waals surface area contributed by atoms with E-state index in [0.717, 1.165) is 27.4 Å². The molecule has 0 aliphatic carbocycles. The van der Waals surface area contributed by atoms with Gasteiger partial charge in [-0.3, -0.25) is 0 Å². The Hall–Kier alpha value is -2.11. The van der Waals surface area contributed by atoms with E-state index in [2.05, 4.69) is 11.1 Å². The molecule has 1 saturated heterocycles. The van der Waals surface area contributed by atoms with Crippen LogP contribution < -0.4 is 0 Å². The molecule has 1 aliphatic rings. The van der Waals surface area contributed by atoms with E-state index in [9.17, 15) is 4.39 Å². The van der Waals surface area contributed by atoms with Crippen molar-refractivity contribution < 1.29 is 13.7 Å². The third-order valence-electron chi connectivity index (χ3n) is 5.31. The summed E-state index contributed by atoms with van der Waals surface area (Å²) in [5, 5.41) is 2.20. The van der Waals surface area contributed by atoms with Crippen LogP contribution >= 0.6 is 0 Å². The number of H-pyrrole nitrogens is 1. The summed E-state index contributed by atoms with van der Waals surface area (Å²) < 4.78 is 26.3. The zero-order chi connectivity index (χ0) is 17.8. The van der Waals surface area contributed by atoms with E-state index in [-0.39, 0.29) is 0 Å². The highest BCUT2D eigenvalue weighted by molar-refractivity contribution is 6.54. The quantitative estimate of drug-likeness (QED) is 0.647. The summed E-state index contributed by atoms with van der Waals surface area (Å²) in [6, 6.07) is 13.9. The maximum atomic E-state index is 14.7. The normalized spacial score (nSPS) is 19.9. The molecule has 5 heteroatoms. The van der Waals surface area contributed by atoms with E-state index in [4.69, 9.17) is 9.31 Å². The van der Waals surface area contributed by atoms with Crippen LogP contribution in [0.25, 0.3) is 27.9 Å². The summed E-state index contributed by atoms with van der Waals surface area (Å²) in [4.78, 5) is 3.37. The lowest BCUT2D eigenvalue weighted by Crippen LogP contribution is -2.41. The van der Waals surface area contributed by atoms with Gasteiger partial charge in [-0.05, 0) is 57.5 Å². The minimum atomic E-state index is -0.969. The molecule has 3 nitrogen and oxygen atoms in total. The third kappa shape index (κ3) is 2.68. The second-order valence-corrected chi connectivity index (χ2v) is 7.59. The Morgan fingerprint density at radius 1 is 0.960 bits per heavy atom. The molecule has 0 atom stereocenters. The monoisotopic (exact) mass is 337 g/mol. The van der Waals surface area contributed by atoms with Crippen molar-refractivity contribution in [3.8, 4) is 0 Å². The number of hydrogen-bond donors (Lipinski definition) is 1. The molecule has 0 saturated carbocycles. The largest absolute Gasteiger partial charge is 0.525 e. The zero-order valence-electron chi connectivity index (χ0n) is 14.9. The van der Waals surface area contributed by atoms with Gasteiger partial charge in [0.25, 0.3) is 0 Å². The van der Waals surface area contributed by atoms with E-state index in [1.54, 1.807) is 0 Å². The second-order valence-electron chi connectivity index (χ2n) is 7.59. The van der Waals surface area contributed by atoms with Gasteiger partial charge in [0, 0.05) is 21.8 Å². The highest BCUT2D eigenvalue weighted by Crippen LogP contribution is 2.39. The van der Waals surface area contributed by atoms with E-state index < -0.39 is 24.0 Å². The number of aromatic amines is 1. The molecule has 0 radical (unpaired) electrons. The Labute approximate surface area is 147 Å². The Kier molecular flexibility index (Phi) is 3.57. The number of hydrogen-bond acceptors (Lipinski definition) is 2. The van der Waals surface area contributed by atoms with Crippen LogP contribution in [0.15, 0.2) is 48.2 Å². The topological polar surface area (TPSA) is 34.2 Å². The summed E-state index contributed by atoms with van der Waals surface area (Å²) >= 11 is 0. The van der Waals surface area contributed by atoms with Crippen molar-refractivity contribution in [3.05, 3.63) is 53.8 Å². The molecule has 25 heavy (non-hydrogen) atoms. The van der Waals surface area contributed by atoms with Crippen molar-refractivity contribution in [2.24, 2.45) is 0 Å². The molecule has 0 unspecified atom stereocenters. The lowest BCUT2D eigenvalue weighted by molar-refractivity contribution is 0.00578. The fraction of sp³-hybridized carbons (Fsp3) is 0.300. The van der Waals surface area contributed by atoms with Gasteiger partial charge < -0.3 is 14.3 Å². The number of benzene rings is 2. The van der Waals surface area contributed by atoms with E-state index in [0.29, 0.717) is 0 Å². The van der Waals surface area contributed by atoms with Crippen LogP contribution in [-0.4, -0.2) is 23.3 Å². The number of para-hydroxylation sites is 1. The van der Waals surface area contributed by atoms with Crippen molar-refractivity contribution in [3.63, 3.8) is 0 Å². The van der Waals surface area contributed by atoms with Crippen LogP contribution in [0.3, 0.4) is 0 Å². The smallest absolute Gasteiger partial charge is 0.398 e. The molecule has 0 spiro atoms. The van der Waals surface area contributed by atoms with Crippen LogP contribution in [0.2, 0.25) is 0 Å². The van der Waals surface area contributed by atoms with Gasteiger partial charge in [0.15, 0.2) is 0 Å². The summed E-state index contributed by atoms with van der Waals surface area (Å²) in [5.41, 5.74) is 1.37. The maximum Gasteiger partial charge on any atom is 0.525 e. The molecule has 2 heterocycles. The van der Waals surface area contributed by atoms with Gasteiger partial charge >= 0.3 is 7.12 Å². The zero-order valence-corrected chi connectivity index (χ0v) is 14.9. The summed E-state index contributed by atoms with van der Waals surface area (Å²) in [5.74, 6) is 0.